The zero-order valence-electron chi connectivity index (χ0n) is 13.8. The maximum atomic E-state index is 12.1. The van der Waals surface area contributed by atoms with Crippen molar-refractivity contribution >= 4 is 6.09 Å². The number of amides is 1. The van der Waals surface area contributed by atoms with Gasteiger partial charge < -0.3 is 19.5 Å². The molecule has 1 aromatic rings. The van der Waals surface area contributed by atoms with Crippen LogP contribution in [0.25, 0.3) is 0 Å². The lowest BCUT2D eigenvalue weighted by molar-refractivity contribution is 0.0274. The summed E-state index contributed by atoms with van der Waals surface area (Å²) >= 11 is 0. The van der Waals surface area contributed by atoms with E-state index in [4.69, 9.17) is 9.47 Å². The van der Waals surface area contributed by atoms with Gasteiger partial charge in [0.1, 0.15) is 5.60 Å². The maximum Gasteiger partial charge on any atom is 0.410 e. The van der Waals surface area contributed by atoms with Crippen molar-refractivity contribution in [1.82, 2.24) is 4.90 Å². The Morgan fingerprint density at radius 2 is 2.09 bits per heavy atom. The van der Waals surface area contributed by atoms with Crippen molar-refractivity contribution in [3.05, 3.63) is 36.4 Å². The van der Waals surface area contributed by atoms with E-state index in [1.807, 2.05) is 26.8 Å². The molecule has 22 heavy (non-hydrogen) atoms. The van der Waals surface area contributed by atoms with E-state index < -0.39 is 5.60 Å². The van der Waals surface area contributed by atoms with Crippen LogP contribution in [0.1, 0.15) is 26.3 Å². The molecule has 0 radical (unpaired) electrons. The number of carbonyl (C=O) groups is 1. The van der Waals surface area contributed by atoms with Crippen molar-refractivity contribution in [2.45, 2.75) is 32.8 Å². The monoisotopic (exact) mass is 307 g/mol. The molecule has 1 amide bonds. The first kappa shape index (κ1) is 17.9. The fraction of sp³-hybridized carbons (Fsp3) is 0.471. The van der Waals surface area contributed by atoms with Gasteiger partial charge in [0, 0.05) is 13.1 Å². The SMILES string of the molecule is C=CCN(CCc1ccc(OC)c(O)c1)C(=O)OC(C)(C)C. The van der Waals surface area contributed by atoms with Crippen molar-refractivity contribution in [2.75, 3.05) is 20.2 Å². The van der Waals surface area contributed by atoms with Crippen LogP contribution in [0.3, 0.4) is 0 Å². The fourth-order valence-electron chi connectivity index (χ4n) is 1.89. The summed E-state index contributed by atoms with van der Waals surface area (Å²) in [6.45, 7) is 10.1. The molecule has 0 heterocycles. The molecule has 1 aromatic carbocycles. The minimum absolute atomic E-state index is 0.0903. The average Bonchev–Trinajstić information content (AvgIpc) is 2.41. The zero-order chi connectivity index (χ0) is 16.8. The Labute approximate surface area is 132 Å². The Morgan fingerprint density at radius 3 is 2.59 bits per heavy atom. The van der Waals surface area contributed by atoms with Crippen LogP contribution < -0.4 is 4.74 Å². The van der Waals surface area contributed by atoms with E-state index in [-0.39, 0.29) is 11.8 Å². The molecule has 0 saturated heterocycles. The zero-order valence-corrected chi connectivity index (χ0v) is 13.8. The Hall–Kier alpha value is -2.17. The number of hydrogen-bond acceptors (Lipinski definition) is 4. The number of rotatable bonds is 6. The van der Waals surface area contributed by atoms with Crippen LogP contribution in [0.2, 0.25) is 0 Å². The number of hydrogen-bond donors (Lipinski definition) is 1. The van der Waals surface area contributed by atoms with Crippen molar-refractivity contribution in [2.24, 2.45) is 0 Å². The molecule has 0 saturated carbocycles. The van der Waals surface area contributed by atoms with E-state index in [0.29, 0.717) is 25.3 Å². The van der Waals surface area contributed by atoms with Gasteiger partial charge in [-0.1, -0.05) is 12.1 Å². The van der Waals surface area contributed by atoms with Crippen LogP contribution in [0.4, 0.5) is 4.79 Å². The van der Waals surface area contributed by atoms with Crippen molar-refractivity contribution < 1.29 is 19.4 Å². The van der Waals surface area contributed by atoms with Crippen LogP contribution in [0.15, 0.2) is 30.9 Å². The summed E-state index contributed by atoms with van der Waals surface area (Å²) in [5, 5.41) is 9.78. The summed E-state index contributed by atoms with van der Waals surface area (Å²) in [4.78, 5) is 13.7. The minimum Gasteiger partial charge on any atom is -0.504 e. The Morgan fingerprint density at radius 1 is 1.41 bits per heavy atom. The summed E-state index contributed by atoms with van der Waals surface area (Å²) in [5.74, 6) is 0.520. The number of phenols is 1. The van der Waals surface area contributed by atoms with Crippen molar-refractivity contribution in [1.29, 1.82) is 0 Å². The Bertz CT molecular complexity index is 520. The standard InChI is InChI=1S/C17H25NO4/c1-6-10-18(16(20)22-17(2,3)4)11-9-13-7-8-15(21-5)14(19)12-13/h6-8,12,19H,1,9-11H2,2-5H3. The van der Waals surface area contributed by atoms with Crippen molar-refractivity contribution in [3.8, 4) is 11.5 Å². The number of carbonyl (C=O) groups excluding carboxylic acids is 1. The largest absolute Gasteiger partial charge is 0.504 e. The number of benzene rings is 1. The second kappa shape index (κ2) is 7.73. The van der Waals surface area contributed by atoms with Gasteiger partial charge >= 0.3 is 6.09 Å². The van der Waals surface area contributed by atoms with E-state index >= 15 is 0 Å². The quantitative estimate of drug-likeness (QED) is 0.819. The molecule has 0 unspecified atom stereocenters. The predicted molar refractivity (Wildman–Crippen MR) is 86.4 cm³/mol. The van der Waals surface area contributed by atoms with Crippen molar-refractivity contribution in [3.63, 3.8) is 0 Å². The lowest BCUT2D eigenvalue weighted by Gasteiger charge is -2.26. The molecule has 1 N–H and O–H groups in total. The molecule has 0 aliphatic heterocycles. The lowest BCUT2D eigenvalue weighted by atomic mass is 10.1. The van der Waals surface area contributed by atoms with Gasteiger partial charge in [0.25, 0.3) is 0 Å². The molecule has 0 aliphatic rings. The molecular weight excluding hydrogens is 282 g/mol. The molecule has 0 fully saturated rings. The fourth-order valence-corrected chi connectivity index (χ4v) is 1.89. The smallest absolute Gasteiger partial charge is 0.410 e. The number of ether oxygens (including phenoxy) is 2. The van der Waals surface area contributed by atoms with E-state index in [0.717, 1.165) is 5.56 Å². The summed E-state index contributed by atoms with van der Waals surface area (Å²) in [7, 11) is 1.50. The first-order chi connectivity index (χ1) is 10.3. The molecule has 122 valence electrons. The molecule has 5 heteroatoms. The second-order valence-electron chi connectivity index (χ2n) is 5.97. The van der Waals surface area contributed by atoms with Crippen LogP contribution in [0.5, 0.6) is 11.5 Å². The summed E-state index contributed by atoms with van der Waals surface area (Å²) < 4.78 is 10.4. The topological polar surface area (TPSA) is 59.0 Å². The molecular formula is C17H25NO4. The third kappa shape index (κ3) is 5.68. The highest BCUT2D eigenvalue weighted by Gasteiger charge is 2.21. The van der Waals surface area contributed by atoms with Gasteiger partial charge in [-0.3, -0.25) is 0 Å². The van der Waals surface area contributed by atoms with Crippen LogP contribution in [0, 0.1) is 0 Å². The van der Waals surface area contributed by atoms with E-state index in [2.05, 4.69) is 6.58 Å². The molecule has 5 nitrogen and oxygen atoms in total. The van der Waals surface area contributed by atoms with Gasteiger partial charge in [-0.25, -0.2) is 4.79 Å². The third-order valence-corrected chi connectivity index (χ3v) is 2.91. The Balaban J connectivity index is 2.70. The summed E-state index contributed by atoms with van der Waals surface area (Å²) in [6.07, 6.45) is 1.89. The second-order valence-corrected chi connectivity index (χ2v) is 5.97. The summed E-state index contributed by atoms with van der Waals surface area (Å²) in [6, 6.07) is 5.20. The first-order valence-electron chi connectivity index (χ1n) is 7.21. The highest BCUT2D eigenvalue weighted by atomic mass is 16.6. The number of nitrogens with zero attached hydrogens (tertiary/aromatic N) is 1. The van der Waals surface area contributed by atoms with Gasteiger partial charge in [-0.05, 0) is 44.9 Å². The van der Waals surface area contributed by atoms with Gasteiger partial charge in [0.15, 0.2) is 11.5 Å². The highest BCUT2D eigenvalue weighted by molar-refractivity contribution is 5.68. The first-order valence-corrected chi connectivity index (χ1v) is 7.21. The van der Waals surface area contributed by atoms with E-state index in [9.17, 15) is 9.90 Å². The Kier molecular flexibility index (Phi) is 6.28. The summed E-state index contributed by atoms with van der Waals surface area (Å²) in [5.41, 5.74) is 0.380. The van der Waals surface area contributed by atoms with Gasteiger partial charge in [0.2, 0.25) is 0 Å². The van der Waals surface area contributed by atoms with Gasteiger partial charge in [0.05, 0.1) is 7.11 Å². The number of phenolic OH excluding ortho intramolecular Hbond substituents is 1. The molecule has 0 spiro atoms. The molecule has 0 bridgehead atoms. The number of aromatic hydroxyl groups is 1. The average molecular weight is 307 g/mol. The van der Waals surface area contributed by atoms with Crippen LogP contribution in [-0.4, -0.2) is 41.9 Å². The molecule has 0 atom stereocenters. The predicted octanol–water partition coefficient (Wildman–Crippen LogP) is 3.37. The normalized spacial score (nSPS) is 10.9. The van der Waals surface area contributed by atoms with Crippen LogP contribution >= 0.6 is 0 Å². The third-order valence-electron chi connectivity index (χ3n) is 2.91. The highest BCUT2D eigenvalue weighted by Crippen LogP contribution is 2.26. The number of methoxy groups -OCH3 is 1. The maximum absolute atomic E-state index is 12.1. The molecule has 1 rings (SSSR count). The van der Waals surface area contributed by atoms with Gasteiger partial charge in [-0.2, -0.15) is 0 Å². The minimum atomic E-state index is -0.533. The van der Waals surface area contributed by atoms with E-state index in [1.165, 1.54) is 7.11 Å². The lowest BCUT2D eigenvalue weighted by Crippen LogP contribution is -2.38. The molecule has 0 aliphatic carbocycles. The van der Waals surface area contributed by atoms with E-state index in [1.54, 1.807) is 23.1 Å². The van der Waals surface area contributed by atoms with Crippen LogP contribution in [-0.2, 0) is 11.2 Å². The van der Waals surface area contributed by atoms with Gasteiger partial charge in [-0.15, -0.1) is 6.58 Å². The molecule has 0 aromatic heterocycles.